The molecular formula is C7H16O4S2. The van der Waals surface area contributed by atoms with Crippen LogP contribution in [0.2, 0.25) is 0 Å². The molecule has 0 rings (SSSR count). The van der Waals surface area contributed by atoms with Crippen LogP contribution in [-0.4, -0.2) is 22.9 Å². The Balaban J connectivity index is 3.60. The lowest BCUT2D eigenvalue weighted by atomic mass is 10.2. The van der Waals surface area contributed by atoms with Crippen LogP contribution in [0, 0.1) is 0 Å². The average Bonchev–Trinajstić information content (AvgIpc) is 2.03. The Morgan fingerprint density at radius 2 is 1.69 bits per heavy atom. The van der Waals surface area contributed by atoms with Gasteiger partial charge in [-0.2, -0.15) is 0 Å². The van der Waals surface area contributed by atoms with Gasteiger partial charge in [-0.3, -0.25) is 4.55 Å². The predicted molar refractivity (Wildman–Crippen MR) is 53.3 cm³/mol. The average molecular weight is 228 g/mol. The molecule has 0 fully saturated rings. The smallest absolute Gasteiger partial charge is 0.274 e. The summed E-state index contributed by atoms with van der Waals surface area (Å²) in [4.78, 5) is 0. The molecule has 1 atom stereocenters. The molecule has 1 N–H and O–H groups in total. The third-order valence-corrected chi connectivity index (χ3v) is 4.74. The maximum absolute atomic E-state index is 10.8. The van der Waals surface area contributed by atoms with E-state index in [9.17, 15) is 12.6 Å². The lowest BCUT2D eigenvalue weighted by Crippen LogP contribution is -2.11. The molecule has 0 bridgehead atoms. The van der Waals surface area contributed by atoms with Gasteiger partial charge in [0.25, 0.3) is 19.0 Å². The van der Waals surface area contributed by atoms with Crippen LogP contribution in [0.3, 0.4) is 0 Å². The predicted octanol–water partition coefficient (Wildman–Crippen LogP) is 1.51. The molecule has 6 heteroatoms. The monoisotopic (exact) mass is 228 g/mol. The zero-order valence-corrected chi connectivity index (χ0v) is 9.36. The summed E-state index contributed by atoms with van der Waals surface area (Å²) in [6.45, 7) is 2.07. The van der Waals surface area contributed by atoms with E-state index in [-0.39, 0.29) is 5.75 Å². The molecule has 80 valence electrons. The van der Waals surface area contributed by atoms with Crippen LogP contribution >= 0.6 is 0 Å². The third-order valence-electron chi connectivity index (χ3n) is 1.72. The van der Waals surface area contributed by atoms with Gasteiger partial charge >= 0.3 is 0 Å². The van der Waals surface area contributed by atoms with Crippen molar-refractivity contribution in [2.75, 3.05) is 5.75 Å². The van der Waals surface area contributed by atoms with E-state index in [1.807, 2.05) is 0 Å². The highest BCUT2D eigenvalue weighted by atomic mass is 33.2. The molecule has 0 aromatic carbocycles. The number of hydrogen-bond donors (Lipinski definition) is 1. The van der Waals surface area contributed by atoms with E-state index in [1.165, 1.54) is 0 Å². The minimum atomic E-state index is -3.76. The van der Waals surface area contributed by atoms with Crippen molar-refractivity contribution < 1.29 is 17.2 Å². The van der Waals surface area contributed by atoms with Crippen molar-refractivity contribution in [2.24, 2.45) is 0 Å². The van der Waals surface area contributed by atoms with Crippen molar-refractivity contribution in [2.45, 2.75) is 39.0 Å². The van der Waals surface area contributed by atoms with E-state index in [0.717, 1.165) is 25.7 Å². The molecule has 0 heterocycles. The second-order valence-electron chi connectivity index (χ2n) is 2.89. The van der Waals surface area contributed by atoms with Gasteiger partial charge in [-0.25, -0.2) is 12.6 Å². The first kappa shape index (κ1) is 13.1. The minimum Gasteiger partial charge on any atom is -0.294 e. The fourth-order valence-corrected chi connectivity index (χ4v) is 2.44. The molecule has 0 amide bonds. The van der Waals surface area contributed by atoms with Gasteiger partial charge in [-0.05, 0) is 6.42 Å². The van der Waals surface area contributed by atoms with Gasteiger partial charge in [0, 0.05) is 0 Å². The maximum atomic E-state index is 10.8. The Hall–Kier alpha value is 0.0600. The molecule has 4 nitrogen and oxygen atoms in total. The summed E-state index contributed by atoms with van der Waals surface area (Å²) in [5, 5.41) is 0. The highest BCUT2D eigenvalue weighted by molar-refractivity contribution is 8.62. The lowest BCUT2D eigenvalue weighted by Gasteiger charge is -1.99. The molecule has 0 aliphatic heterocycles. The molecule has 0 aliphatic rings. The summed E-state index contributed by atoms with van der Waals surface area (Å²) in [6, 6.07) is 0. The minimum absolute atomic E-state index is 0.181. The Labute approximate surface area is 81.3 Å². The van der Waals surface area contributed by atoms with Crippen LogP contribution in [0.1, 0.15) is 39.0 Å². The van der Waals surface area contributed by atoms with Gasteiger partial charge in [0.15, 0.2) is 0 Å². The fraction of sp³-hybridized carbons (Fsp3) is 1.00. The van der Waals surface area contributed by atoms with Crippen molar-refractivity contribution in [1.29, 1.82) is 0 Å². The Bertz CT molecular complexity index is 245. The van der Waals surface area contributed by atoms with Crippen LogP contribution in [-0.2, 0) is 19.0 Å². The summed E-state index contributed by atoms with van der Waals surface area (Å²) in [5.74, 6) is -0.181. The highest BCUT2D eigenvalue weighted by Crippen LogP contribution is 2.06. The maximum Gasteiger partial charge on any atom is 0.274 e. The SMILES string of the molecule is CCCCCCCS(=O)(=O)S(=O)O. The zero-order valence-electron chi connectivity index (χ0n) is 7.73. The molecule has 0 radical (unpaired) electrons. The van der Waals surface area contributed by atoms with Crippen LogP contribution < -0.4 is 0 Å². The van der Waals surface area contributed by atoms with Crippen molar-refractivity contribution in [3.63, 3.8) is 0 Å². The molecule has 13 heavy (non-hydrogen) atoms. The summed E-state index contributed by atoms with van der Waals surface area (Å²) in [6.07, 6.45) is 4.46. The fourth-order valence-electron chi connectivity index (χ4n) is 0.954. The van der Waals surface area contributed by atoms with Crippen molar-refractivity contribution in [3.8, 4) is 0 Å². The Morgan fingerprint density at radius 1 is 1.15 bits per heavy atom. The van der Waals surface area contributed by atoms with Gasteiger partial charge < -0.3 is 0 Å². The molecule has 0 spiro atoms. The highest BCUT2D eigenvalue weighted by Gasteiger charge is 2.16. The first-order valence-corrected chi connectivity index (χ1v) is 7.62. The molecular weight excluding hydrogens is 212 g/mol. The van der Waals surface area contributed by atoms with E-state index in [1.54, 1.807) is 0 Å². The summed E-state index contributed by atoms with van der Waals surface area (Å²) in [7, 11) is -6.47. The quantitative estimate of drug-likeness (QED) is 0.407. The number of rotatable bonds is 7. The van der Waals surface area contributed by atoms with Gasteiger partial charge in [0.05, 0.1) is 5.75 Å². The summed E-state index contributed by atoms with van der Waals surface area (Å²) < 4.78 is 40.3. The first-order valence-electron chi connectivity index (χ1n) is 4.35. The lowest BCUT2D eigenvalue weighted by molar-refractivity contribution is 0.559. The van der Waals surface area contributed by atoms with Crippen LogP contribution in [0.25, 0.3) is 0 Å². The second-order valence-corrected chi connectivity index (χ2v) is 7.23. The summed E-state index contributed by atoms with van der Waals surface area (Å²) in [5.41, 5.74) is 0. The van der Waals surface area contributed by atoms with Gasteiger partial charge in [-0.15, -0.1) is 0 Å². The van der Waals surface area contributed by atoms with E-state index >= 15 is 0 Å². The van der Waals surface area contributed by atoms with Crippen molar-refractivity contribution in [3.05, 3.63) is 0 Å². The molecule has 0 aliphatic carbocycles. The van der Waals surface area contributed by atoms with Crippen LogP contribution in [0.4, 0.5) is 0 Å². The van der Waals surface area contributed by atoms with E-state index in [0.29, 0.717) is 6.42 Å². The number of hydrogen-bond acceptors (Lipinski definition) is 3. The van der Waals surface area contributed by atoms with Gasteiger partial charge in [0.2, 0.25) is 0 Å². The largest absolute Gasteiger partial charge is 0.294 e. The second kappa shape index (κ2) is 6.50. The van der Waals surface area contributed by atoms with Gasteiger partial charge in [0.1, 0.15) is 0 Å². The number of unbranched alkanes of at least 4 members (excludes halogenated alkanes) is 4. The topological polar surface area (TPSA) is 71.4 Å². The third kappa shape index (κ3) is 6.17. The van der Waals surface area contributed by atoms with Crippen molar-refractivity contribution in [1.82, 2.24) is 0 Å². The molecule has 0 aromatic rings. The molecule has 0 aromatic heterocycles. The standard InChI is InChI=1S/C7H16O4S2/c1-2-3-4-5-6-7-13(10,11)12(8)9/h2-7H2,1H3,(H,8,9). The van der Waals surface area contributed by atoms with Gasteiger partial charge in [-0.1, -0.05) is 32.6 Å². The first-order chi connectivity index (χ1) is 6.00. The Kier molecular flexibility index (Phi) is 6.53. The summed E-state index contributed by atoms with van der Waals surface area (Å²) >= 11 is 0. The van der Waals surface area contributed by atoms with E-state index in [2.05, 4.69) is 6.92 Å². The molecule has 0 saturated carbocycles. The van der Waals surface area contributed by atoms with E-state index < -0.39 is 19.0 Å². The Morgan fingerprint density at radius 3 is 2.15 bits per heavy atom. The molecule has 0 saturated heterocycles. The van der Waals surface area contributed by atoms with Crippen molar-refractivity contribution >= 4 is 19.0 Å². The molecule has 1 unspecified atom stereocenters. The van der Waals surface area contributed by atoms with Crippen LogP contribution in [0.15, 0.2) is 0 Å². The van der Waals surface area contributed by atoms with Crippen LogP contribution in [0.5, 0.6) is 0 Å². The zero-order chi connectivity index (χ0) is 10.3. The normalized spacial score (nSPS) is 14.3. The van der Waals surface area contributed by atoms with E-state index in [4.69, 9.17) is 4.55 Å².